The van der Waals surface area contributed by atoms with Gasteiger partial charge in [-0.3, -0.25) is 9.48 Å². The van der Waals surface area contributed by atoms with Crippen molar-refractivity contribution >= 4 is 27.5 Å². The van der Waals surface area contributed by atoms with Crippen molar-refractivity contribution in [3.8, 4) is 0 Å². The van der Waals surface area contributed by atoms with Crippen LogP contribution < -0.4 is 5.32 Å². The third-order valence-electron chi connectivity index (χ3n) is 3.20. The smallest absolute Gasteiger partial charge is 0.255 e. The fourth-order valence-electron chi connectivity index (χ4n) is 2.13. The number of hydrogen-bond acceptors (Lipinski definition) is 2. The van der Waals surface area contributed by atoms with Crippen LogP contribution in [0.5, 0.6) is 0 Å². The minimum atomic E-state index is -0.122. The number of anilines is 1. The van der Waals surface area contributed by atoms with Gasteiger partial charge < -0.3 is 5.32 Å². The first-order valence-electron chi connectivity index (χ1n) is 6.84. The summed E-state index contributed by atoms with van der Waals surface area (Å²) < 4.78 is 2.79. The zero-order valence-electron chi connectivity index (χ0n) is 11.7. The van der Waals surface area contributed by atoms with Gasteiger partial charge in [-0.15, -0.1) is 0 Å². The molecular weight excluding hydrogens is 342 g/mol. The van der Waals surface area contributed by atoms with Crippen molar-refractivity contribution < 1.29 is 4.79 Å². The van der Waals surface area contributed by atoms with Crippen molar-refractivity contribution in [2.24, 2.45) is 0 Å². The number of halogens is 1. The van der Waals surface area contributed by atoms with E-state index in [1.807, 2.05) is 53.3 Å². The third kappa shape index (κ3) is 3.62. The highest BCUT2D eigenvalue weighted by Gasteiger charge is 2.06. The highest BCUT2D eigenvalue weighted by atomic mass is 79.9. The van der Waals surface area contributed by atoms with Crippen LogP contribution in [0.2, 0.25) is 0 Å². The average molecular weight is 356 g/mol. The molecule has 0 spiro atoms. The Morgan fingerprint density at radius 1 is 1.14 bits per heavy atom. The molecule has 0 saturated carbocycles. The number of carbonyl (C=O) groups is 1. The number of benzene rings is 2. The number of hydrogen-bond donors (Lipinski definition) is 1. The fourth-order valence-corrected chi connectivity index (χ4v) is 2.40. The molecule has 0 radical (unpaired) electrons. The van der Waals surface area contributed by atoms with Gasteiger partial charge in [-0.05, 0) is 48.0 Å². The Kier molecular flexibility index (Phi) is 4.34. The van der Waals surface area contributed by atoms with E-state index in [1.54, 1.807) is 18.3 Å². The van der Waals surface area contributed by atoms with Gasteiger partial charge in [0, 0.05) is 28.1 Å². The summed E-state index contributed by atoms with van der Waals surface area (Å²) in [6.07, 6.45) is 3.66. The van der Waals surface area contributed by atoms with E-state index in [1.165, 1.54) is 0 Å². The minimum Gasteiger partial charge on any atom is -0.322 e. The average Bonchev–Trinajstić information content (AvgIpc) is 3.01. The van der Waals surface area contributed by atoms with E-state index in [9.17, 15) is 4.79 Å². The first-order valence-corrected chi connectivity index (χ1v) is 7.63. The summed E-state index contributed by atoms with van der Waals surface area (Å²) in [5.74, 6) is -0.122. The molecule has 0 atom stereocenters. The molecule has 1 N–H and O–H groups in total. The molecule has 0 aliphatic carbocycles. The lowest BCUT2D eigenvalue weighted by molar-refractivity contribution is 0.102. The van der Waals surface area contributed by atoms with Crippen LogP contribution in [0.25, 0.3) is 0 Å². The topological polar surface area (TPSA) is 46.9 Å². The molecular formula is C17H14BrN3O. The molecule has 0 unspecified atom stereocenters. The largest absolute Gasteiger partial charge is 0.322 e. The Hall–Kier alpha value is -2.40. The van der Waals surface area contributed by atoms with Crippen LogP contribution in [0.3, 0.4) is 0 Å². The van der Waals surface area contributed by atoms with Crippen molar-refractivity contribution in [3.05, 3.63) is 82.6 Å². The lowest BCUT2D eigenvalue weighted by atomic mass is 10.1. The molecule has 0 aliphatic rings. The van der Waals surface area contributed by atoms with Crippen LogP contribution in [-0.2, 0) is 6.54 Å². The molecule has 110 valence electrons. The van der Waals surface area contributed by atoms with Crippen molar-refractivity contribution in [3.63, 3.8) is 0 Å². The summed E-state index contributed by atoms with van der Waals surface area (Å²) in [6, 6.07) is 16.9. The van der Waals surface area contributed by atoms with E-state index in [4.69, 9.17) is 0 Å². The second-order valence-electron chi connectivity index (χ2n) is 4.87. The zero-order chi connectivity index (χ0) is 15.4. The van der Waals surface area contributed by atoms with Gasteiger partial charge in [-0.2, -0.15) is 5.10 Å². The van der Waals surface area contributed by atoms with E-state index in [-0.39, 0.29) is 5.91 Å². The van der Waals surface area contributed by atoms with Crippen molar-refractivity contribution in [2.45, 2.75) is 6.54 Å². The number of nitrogens with zero attached hydrogens (tertiary/aromatic N) is 2. The van der Waals surface area contributed by atoms with Gasteiger partial charge >= 0.3 is 0 Å². The van der Waals surface area contributed by atoms with E-state index < -0.39 is 0 Å². The van der Waals surface area contributed by atoms with Gasteiger partial charge in [0.05, 0.1) is 6.54 Å². The number of amides is 1. The monoisotopic (exact) mass is 355 g/mol. The molecule has 0 bridgehead atoms. The Labute approximate surface area is 136 Å². The van der Waals surface area contributed by atoms with E-state index >= 15 is 0 Å². The predicted octanol–water partition coefficient (Wildman–Crippen LogP) is 3.95. The van der Waals surface area contributed by atoms with Gasteiger partial charge in [0.1, 0.15) is 0 Å². The molecule has 1 heterocycles. The Morgan fingerprint density at radius 2 is 1.95 bits per heavy atom. The summed E-state index contributed by atoms with van der Waals surface area (Å²) in [5, 5.41) is 7.10. The van der Waals surface area contributed by atoms with Crippen LogP contribution >= 0.6 is 15.9 Å². The summed E-state index contributed by atoms with van der Waals surface area (Å²) in [6.45, 7) is 0.676. The SMILES string of the molecule is O=C(Nc1cccc(Cn2cccn2)c1)c1ccc(Br)cc1. The summed E-state index contributed by atoms with van der Waals surface area (Å²) >= 11 is 3.36. The molecule has 1 aromatic heterocycles. The molecule has 3 aromatic rings. The van der Waals surface area contributed by atoms with Gasteiger partial charge in [0.2, 0.25) is 0 Å². The standard InChI is InChI=1S/C17H14BrN3O/c18-15-7-5-14(6-8-15)17(22)20-16-4-1-3-13(11-16)12-21-10-2-9-19-21/h1-11H,12H2,(H,20,22). The maximum Gasteiger partial charge on any atom is 0.255 e. The second kappa shape index (κ2) is 6.58. The summed E-state index contributed by atoms with van der Waals surface area (Å²) in [5.41, 5.74) is 2.48. The molecule has 4 nitrogen and oxygen atoms in total. The van der Waals surface area contributed by atoms with E-state index in [2.05, 4.69) is 26.3 Å². The first kappa shape index (κ1) is 14.5. The molecule has 0 fully saturated rings. The molecule has 3 rings (SSSR count). The van der Waals surface area contributed by atoms with Gasteiger partial charge in [-0.1, -0.05) is 28.1 Å². The van der Waals surface area contributed by atoms with Crippen LogP contribution in [0.4, 0.5) is 5.69 Å². The summed E-state index contributed by atoms with van der Waals surface area (Å²) in [7, 11) is 0. The maximum absolute atomic E-state index is 12.2. The number of carbonyl (C=O) groups excluding carboxylic acids is 1. The fraction of sp³-hybridized carbons (Fsp3) is 0.0588. The zero-order valence-corrected chi connectivity index (χ0v) is 13.3. The van der Waals surface area contributed by atoms with Gasteiger partial charge in [0.15, 0.2) is 0 Å². The lowest BCUT2D eigenvalue weighted by Gasteiger charge is -2.08. The highest BCUT2D eigenvalue weighted by molar-refractivity contribution is 9.10. The molecule has 22 heavy (non-hydrogen) atoms. The van der Waals surface area contributed by atoms with Crippen LogP contribution in [0.1, 0.15) is 15.9 Å². The van der Waals surface area contributed by atoms with Crippen LogP contribution in [-0.4, -0.2) is 15.7 Å². The van der Waals surface area contributed by atoms with Crippen molar-refractivity contribution in [1.82, 2.24) is 9.78 Å². The van der Waals surface area contributed by atoms with Crippen LogP contribution in [0.15, 0.2) is 71.5 Å². The number of nitrogens with one attached hydrogen (secondary N) is 1. The van der Waals surface area contributed by atoms with Gasteiger partial charge in [0.25, 0.3) is 5.91 Å². The van der Waals surface area contributed by atoms with Crippen LogP contribution in [0, 0.1) is 0 Å². The first-order chi connectivity index (χ1) is 10.7. The van der Waals surface area contributed by atoms with E-state index in [0.29, 0.717) is 12.1 Å². The van der Waals surface area contributed by atoms with Crippen molar-refractivity contribution in [2.75, 3.05) is 5.32 Å². The predicted molar refractivity (Wildman–Crippen MR) is 89.9 cm³/mol. The maximum atomic E-state index is 12.2. The highest BCUT2D eigenvalue weighted by Crippen LogP contribution is 2.15. The third-order valence-corrected chi connectivity index (χ3v) is 3.72. The molecule has 1 amide bonds. The van der Waals surface area contributed by atoms with E-state index in [0.717, 1.165) is 15.7 Å². The minimum absolute atomic E-state index is 0.122. The normalized spacial score (nSPS) is 10.4. The number of aromatic nitrogens is 2. The number of rotatable bonds is 4. The van der Waals surface area contributed by atoms with Gasteiger partial charge in [-0.25, -0.2) is 0 Å². The molecule has 0 aliphatic heterocycles. The Morgan fingerprint density at radius 3 is 2.68 bits per heavy atom. The quantitative estimate of drug-likeness (QED) is 0.770. The second-order valence-corrected chi connectivity index (χ2v) is 5.78. The molecule has 5 heteroatoms. The Bertz CT molecular complexity index is 767. The summed E-state index contributed by atoms with van der Waals surface area (Å²) in [4.78, 5) is 12.2. The lowest BCUT2D eigenvalue weighted by Crippen LogP contribution is -2.12. The molecule has 0 saturated heterocycles. The molecule has 2 aromatic carbocycles. The van der Waals surface area contributed by atoms with Crippen molar-refractivity contribution in [1.29, 1.82) is 0 Å². The Balaban J connectivity index is 1.72.